The fourth-order valence-corrected chi connectivity index (χ4v) is 2.53. The molecule has 0 rings (SSSR count). The van der Waals surface area contributed by atoms with Crippen LogP contribution in [0.25, 0.3) is 4.13 Å². The van der Waals surface area contributed by atoms with E-state index in [-0.39, 0.29) is 0 Å². The first-order chi connectivity index (χ1) is 9.52. The number of hydrogen-bond acceptors (Lipinski definition) is 4. The fourth-order valence-electron chi connectivity index (χ4n) is 0.817. The molecule has 0 radical (unpaired) electrons. The van der Waals surface area contributed by atoms with Gasteiger partial charge in [0.2, 0.25) is 0 Å². The van der Waals surface area contributed by atoms with Crippen LogP contribution in [0.1, 0.15) is 20.3 Å². The highest BCUT2D eigenvalue weighted by Gasteiger charge is 2.46. The normalized spacial score (nSPS) is 15.0. The number of halogens is 6. The lowest BCUT2D eigenvalue weighted by Crippen LogP contribution is -3.08. The zero-order valence-corrected chi connectivity index (χ0v) is 13.4. The van der Waals surface area contributed by atoms with E-state index in [0.29, 0.717) is 0 Å². The summed E-state index contributed by atoms with van der Waals surface area (Å²) in [4.78, 5) is 1.63. The monoisotopic (exact) mass is 382 g/mol. The molecular weight excluding hydrogens is 366 g/mol. The minimum atomic E-state index is -6.72. The molecule has 6 nitrogen and oxygen atoms in total. The Morgan fingerprint density at radius 3 is 1.32 bits per heavy atom. The molecule has 136 valence electrons. The van der Waals surface area contributed by atoms with E-state index in [1.807, 2.05) is 0 Å². The van der Waals surface area contributed by atoms with Crippen LogP contribution in [0.15, 0.2) is 0 Å². The summed E-state index contributed by atoms with van der Waals surface area (Å²) in [6, 6.07) is 0. The van der Waals surface area contributed by atoms with Crippen LogP contribution in [0.5, 0.6) is 0 Å². The Balaban J connectivity index is 0. The van der Waals surface area contributed by atoms with Crippen molar-refractivity contribution in [2.45, 2.75) is 31.3 Å². The van der Waals surface area contributed by atoms with E-state index in [1.54, 1.807) is 4.90 Å². The SMILES string of the molecule is CCC[NH+](C)CC.O=S(=O)([N-]S(=O)(=O)C(F)(F)F)C(F)(F)F. The van der Waals surface area contributed by atoms with Crippen LogP contribution in [0.2, 0.25) is 0 Å². The van der Waals surface area contributed by atoms with E-state index < -0.39 is 31.1 Å². The largest absolute Gasteiger partial charge is 0.480 e. The van der Waals surface area contributed by atoms with Gasteiger partial charge in [-0.25, -0.2) is 16.8 Å². The highest BCUT2D eigenvalue weighted by molar-refractivity contribution is 8.13. The molecule has 1 atom stereocenters. The number of nitrogens with one attached hydrogen (secondary N) is 1. The van der Waals surface area contributed by atoms with Gasteiger partial charge in [-0.2, -0.15) is 26.3 Å². The number of hydrogen-bond donors (Lipinski definition) is 1. The molecule has 0 saturated heterocycles. The first-order valence-corrected chi connectivity index (χ1v) is 8.58. The summed E-state index contributed by atoms with van der Waals surface area (Å²) in [7, 11) is -11.2. The number of quaternary nitrogens is 1. The molecule has 14 heteroatoms. The van der Waals surface area contributed by atoms with Gasteiger partial charge in [0, 0.05) is 0 Å². The van der Waals surface area contributed by atoms with Crippen LogP contribution in [0.4, 0.5) is 26.3 Å². The number of alkyl halides is 6. The van der Waals surface area contributed by atoms with Crippen LogP contribution in [0, 0.1) is 0 Å². The maximum Gasteiger partial charge on any atom is 0.480 e. The summed E-state index contributed by atoms with van der Waals surface area (Å²) >= 11 is 0. The third-order valence-electron chi connectivity index (χ3n) is 2.06. The molecule has 0 amide bonds. The van der Waals surface area contributed by atoms with Gasteiger partial charge in [0.25, 0.3) is 0 Å². The smallest absolute Gasteiger partial charge is 0.421 e. The maximum atomic E-state index is 11.4. The van der Waals surface area contributed by atoms with Gasteiger partial charge < -0.3 is 9.03 Å². The van der Waals surface area contributed by atoms with Gasteiger partial charge >= 0.3 is 11.0 Å². The van der Waals surface area contributed by atoms with Crippen LogP contribution in [0.3, 0.4) is 0 Å². The highest BCUT2D eigenvalue weighted by Crippen LogP contribution is 2.36. The van der Waals surface area contributed by atoms with Gasteiger partial charge in [-0.3, -0.25) is 0 Å². The quantitative estimate of drug-likeness (QED) is 0.719. The molecule has 0 aliphatic carbocycles. The minimum absolute atomic E-state index is 0.778. The van der Waals surface area contributed by atoms with Crippen molar-refractivity contribution in [2.75, 3.05) is 20.1 Å². The summed E-state index contributed by atoms with van der Waals surface area (Å²) in [5.74, 6) is 0. The molecule has 0 heterocycles. The van der Waals surface area contributed by atoms with E-state index in [0.717, 1.165) is 4.13 Å². The van der Waals surface area contributed by atoms with Crippen LogP contribution in [-0.2, 0) is 20.0 Å². The molecule has 0 aromatic carbocycles. The summed E-state index contributed by atoms with van der Waals surface area (Å²) in [6.07, 6.45) is 1.31. The molecule has 0 fully saturated rings. The molecule has 0 aliphatic rings. The maximum absolute atomic E-state index is 11.4. The Morgan fingerprint density at radius 2 is 1.18 bits per heavy atom. The average molecular weight is 382 g/mol. The lowest BCUT2D eigenvalue weighted by Gasteiger charge is -2.22. The lowest BCUT2D eigenvalue weighted by molar-refractivity contribution is -0.877. The van der Waals surface area contributed by atoms with E-state index in [9.17, 15) is 43.2 Å². The van der Waals surface area contributed by atoms with Gasteiger partial charge in [-0.05, 0) is 13.3 Å². The molecular formula is C8H16F6N2O4S2. The van der Waals surface area contributed by atoms with Gasteiger partial charge in [-0.15, -0.1) is 0 Å². The topological polar surface area (TPSA) is 86.8 Å². The van der Waals surface area contributed by atoms with Crippen LogP contribution in [-0.4, -0.2) is 48.0 Å². The molecule has 22 heavy (non-hydrogen) atoms. The zero-order valence-electron chi connectivity index (χ0n) is 11.8. The van der Waals surface area contributed by atoms with Crippen molar-refractivity contribution < 1.29 is 48.1 Å². The first kappa shape index (κ1) is 23.7. The van der Waals surface area contributed by atoms with Crippen molar-refractivity contribution in [3.05, 3.63) is 4.13 Å². The Morgan fingerprint density at radius 1 is 0.864 bits per heavy atom. The Hall–Kier alpha value is -0.600. The minimum Gasteiger partial charge on any atom is -0.421 e. The second-order valence-corrected chi connectivity index (χ2v) is 7.40. The van der Waals surface area contributed by atoms with Crippen molar-refractivity contribution in [1.29, 1.82) is 0 Å². The zero-order chi connectivity index (χ0) is 18.4. The molecule has 1 unspecified atom stereocenters. The third kappa shape index (κ3) is 8.14. The molecule has 0 aromatic rings. The van der Waals surface area contributed by atoms with Gasteiger partial charge in [0.1, 0.15) is 0 Å². The van der Waals surface area contributed by atoms with Crippen molar-refractivity contribution in [3.63, 3.8) is 0 Å². The van der Waals surface area contributed by atoms with Crippen molar-refractivity contribution in [3.8, 4) is 0 Å². The summed E-state index contributed by atoms with van der Waals surface area (Å²) < 4.78 is 109. The van der Waals surface area contributed by atoms with Crippen LogP contribution < -0.4 is 4.90 Å². The number of nitrogens with zero attached hydrogens (tertiary/aromatic N) is 1. The number of rotatable bonds is 5. The Bertz CT molecular complexity index is 484. The molecule has 0 saturated carbocycles. The van der Waals surface area contributed by atoms with Crippen molar-refractivity contribution in [2.24, 2.45) is 0 Å². The highest BCUT2D eigenvalue weighted by atomic mass is 32.3. The fraction of sp³-hybridized carbons (Fsp3) is 1.00. The Labute approximate surface area is 124 Å². The van der Waals surface area contributed by atoms with Crippen molar-refractivity contribution >= 4 is 20.0 Å². The average Bonchev–Trinajstić information content (AvgIpc) is 2.25. The standard InChI is InChI=1S/C6H15N.C2F6NO4S2/c1-4-6-7(3)5-2;3-1(4,5)14(10,11)9-15(12,13)2(6,7)8/h4-6H2,1-3H3;/q;-1/p+1. The molecule has 0 bridgehead atoms. The molecule has 1 N–H and O–H groups in total. The predicted molar refractivity (Wildman–Crippen MR) is 65.9 cm³/mol. The number of sulfonamides is 2. The van der Waals surface area contributed by atoms with E-state index in [4.69, 9.17) is 0 Å². The molecule has 0 aliphatic heterocycles. The predicted octanol–water partition coefficient (Wildman–Crippen LogP) is 0.990. The van der Waals surface area contributed by atoms with E-state index >= 15 is 0 Å². The lowest BCUT2D eigenvalue weighted by atomic mass is 10.4. The van der Waals surface area contributed by atoms with Gasteiger partial charge in [-0.1, -0.05) is 6.92 Å². The van der Waals surface area contributed by atoms with E-state index in [2.05, 4.69) is 20.9 Å². The molecule has 0 aromatic heterocycles. The molecule has 0 spiro atoms. The van der Waals surface area contributed by atoms with Crippen LogP contribution >= 0.6 is 0 Å². The third-order valence-corrected chi connectivity index (χ3v) is 4.80. The van der Waals surface area contributed by atoms with Crippen molar-refractivity contribution in [1.82, 2.24) is 0 Å². The summed E-state index contributed by atoms with van der Waals surface area (Å²) in [5, 5.41) is 0. The second-order valence-electron chi connectivity index (χ2n) is 3.98. The summed E-state index contributed by atoms with van der Waals surface area (Å²) in [6.45, 7) is 7.01. The van der Waals surface area contributed by atoms with Gasteiger partial charge in [0.15, 0.2) is 20.0 Å². The first-order valence-electron chi connectivity index (χ1n) is 5.70. The second kappa shape index (κ2) is 8.31. The van der Waals surface area contributed by atoms with E-state index in [1.165, 1.54) is 19.5 Å². The Kier molecular flexibility index (Phi) is 8.94. The summed E-state index contributed by atoms with van der Waals surface area (Å²) in [5.41, 5.74) is -12.4. The van der Waals surface area contributed by atoms with Gasteiger partial charge in [0.05, 0.1) is 20.1 Å².